The van der Waals surface area contributed by atoms with Crippen molar-refractivity contribution in [3.63, 3.8) is 0 Å². The summed E-state index contributed by atoms with van der Waals surface area (Å²) < 4.78 is 0. The average Bonchev–Trinajstić information content (AvgIpc) is 2.14. The number of nitrogens with one attached hydrogen (secondary N) is 1. The van der Waals surface area contributed by atoms with Gasteiger partial charge in [0.15, 0.2) is 5.96 Å². The fourth-order valence-corrected chi connectivity index (χ4v) is 0.765. The molecule has 6 nitrogen and oxygen atoms in total. The molecule has 0 aliphatic heterocycles. The Morgan fingerprint density at radius 2 is 2.38 bits per heavy atom. The van der Waals surface area contributed by atoms with Crippen LogP contribution in [0.2, 0.25) is 0 Å². The van der Waals surface area contributed by atoms with Gasteiger partial charge in [-0.3, -0.25) is 4.99 Å². The number of nitrogens with zero attached hydrogens (tertiary/aromatic N) is 3. The molecule has 0 radical (unpaired) electrons. The van der Waals surface area contributed by atoms with Crippen LogP contribution >= 0.6 is 0 Å². The zero-order valence-electron chi connectivity index (χ0n) is 7.14. The van der Waals surface area contributed by atoms with Crippen LogP contribution in [-0.4, -0.2) is 29.2 Å². The van der Waals surface area contributed by atoms with Gasteiger partial charge in [0.2, 0.25) is 0 Å². The van der Waals surface area contributed by atoms with Gasteiger partial charge in [0.25, 0.3) is 0 Å². The molecular weight excluding hydrogens is 168 g/mol. The van der Waals surface area contributed by atoms with Crippen LogP contribution in [0.25, 0.3) is 0 Å². The van der Waals surface area contributed by atoms with Gasteiger partial charge in [0, 0.05) is 12.7 Å². The van der Waals surface area contributed by atoms with Crippen LogP contribution in [0.15, 0.2) is 23.3 Å². The highest BCUT2D eigenvalue weighted by Crippen LogP contribution is 1.95. The number of aliphatic imine (C=N–C) groups is 1. The van der Waals surface area contributed by atoms with E-state index in [4.69, 9.17) is 11.5 Å². The monoisotopic (exact) mass is 180 g/mol. The largest absolute Gasteiger partial charge is 0.370 e. The second-order valence-corrected chi connectivity index (χ2v) is 2.34. The van der Waals surface area contributed by atoms with Crippen LogP contribution in [0, 0.1) is 0 Å². The van der Waals surface area contributed by atoms with Crippen molar-refractivity contribution in [3.8, 4) is 0 Å². The van der Waals surface area contributed by atoms with Crippen LogP contribution in [-0.2, 0) is 0 Å². The highest BCUT2D eigenvalue weighted by atomic mass is 15.2. The minimum Gasteiger partial charge on any atom is -0.370 e. The van der Waals surface area contributed by atoms with Crippen molar-refractivity contribution in [3.05, 3.63) is 18.3 Å². The summed E-state index contributed by atoms with van der Waals surface area (Å²) >= 11 is 0. The molecule has 0 aliphatic carbocycles. The van der Waals surface area contributed by atoms with E-state index in [0.29, 0.717) is 18.9 Å². The van der Waals surface area contributed by atoms with Crippen LogP contribution < -0.4 is 16.8 Å². The molecule has 1 heterocycles. The molecule has 13 heavy (non-hydrogen) atoms. The van der Waals surface area contributed by atoms with E-state index < -0.39 is 0 Å². The minimum atomic E-state index is 0.0981. The van der Waals surface area contributed by atoms with Gasteiger partial charge in [-0.25, -0.2) is 0 Å². The lowest BCUT2D eigenvalue weighted by Gasteiger charge is -2.00. The Morgan fingerprint density at radius 1 is 1.54 bits per heavy atom. The van der Waals surface area contributed by atoms with Crippen molar-refractivity contribution in [2.45, 2.75) is 0 Å². The highest BCUT2D eigenvalue weighted by molar-refractivity contribution is 5.75. The molecule has 0 saturated heterocycles. The van der Waals surface area contributed by atoms with Crippen LogP contribution in [0.3, 0.4) is 0 Å². The van der Waals surface area contributed by atoms with E-state index in [1.807, 2.05) is 6.07 Å². The molecule has 0 spiro atoms. The molecule has 0 atom stereocenters. The van der Waals surface area contributed by atoms with E-state index in [1.165, 1.54) is 0 Å². The Kier molecular flexibility index (Phi) is 3.49. The first kappa shape index (κ1) is 9.24. The summed E-state index contributed by atoms with van der Waals surface area (Å²) in [6.07, 6.45) is 1.61. The third-order valence-electron chi connectivity index (χ3n) is 1.28. The average molecular weight is 180 g/mol. The normalized spacial score (nSPS) is 9.23. The first-order valence-electron chi connectivity index (χ1n) is 3.86. The summed E-state index contributed by atoms with van der Waals surface area (Å²) in [6, 6.07) is 3.62. The Morgan fingerprint density at radius 3 is 3.00 bits per heavy atom. The summed E-state index contributed by atoms with van der Waals surface area (Å²) in [5.41, 5.74) is 10.3. The van der Waals surface area contributed by atoms with Crippen molar-refractivity contribution >= 4 is 11.8 Å². The van der Waals surface area contributed by atoms with E-state index in [9.17, 15) is 0 Å². The van der Waals surface area contributed by atoms with Gasteiger partial charge < -0.3 is 16.8 Å². The first-order valence-corrected chi connectivity index (χ1v) is 3.86. The van der Waals surface area contributed by atoms with E-state index in [0.717, 1.165) is 0 Å². The number of guanidine groups is 1. The lowest BCUT2D eigenvalue weighted by Crippen LogP contribution is -2.24. The second kappa shape index (κ2) is 4.91. The van der Waals surface area contributed by atoms with Gasteiger partial charge in [0.1, 0.15) is 5.82 Å². The minimum absolute atomic E-state index is 0.0981. The maximum absolute atomic E-state index is 5.14. The van der Waals surface area contributed by atoms with E-state index in [-0.39, 0.29) is 5.96 Å². The number of hydrogen-bond acceptors (Lipinski definition) is 4. The standard InChI is InChI=1S/C7H12N6/c8-7(9)11-5-4-10-6-2-1-3-12-13-6/h1-3H,4-5H2,(H,10,13)(H4,8,9,11). The molecule has 70 valence electrons. The summed E-state index contributed by atoms with van der Waals surface area (Å²) in [5.74, 6) is 0.814. The Hall–Kier alpha value is -1.85. The molecule has 1 aromatic heterocycles. The maximum Gasteiger partial charge on any atom is 0.185 e. The number of nitrogens with two attached hydrogens (primary N) is 2. The molecule has 1 aromatic rings. The third kappa shape index (κ3) is 3.90. The lowest BCUT2D eigenvalue weighted by atomic mass is 10.5. The van der Waals surface area contributed by atoms with E-state index in [1.54, 1.807) is 12.3 Å². The third-order valence-corrected chi connectivity index (χ3v) is 1.28. The lowest BCUT2D eigenvalue weighted by molar-refractivity contribution is 0.967. The Bertz CT molecular complexity index is 266. The van der Waals surface area contributed by atoms with E-state index in [2.05, 4.69) is 20.5 Å². The first-order chi connectivity index (χ1) is 6.29. The summed E-state index contributed by atoms with van der Waals surface area (Å²) in [6.45, 7) is 1.16. The van der Waals surface area contributed by atoms with Gasteiger partial charge in [-0.15, -0.1) is 5.10 Å². The second-order valence-electron chi connectivity index (χ2n) is 2.34. The van der Waals surface area contributed by atoms with Crippen molar-refractivity contribution in [2.75, 3.05) is 18.4 Å². The number of rotatable bonds is 4. The van der Waals surface area contributed by atoms with Crippen molar-refractivity contribution in [1.29, 1.82) is 0 Å². The van der Waals surface area contributed by atoms with Crippen molar-refractivity contribution in [1.82, 2.24) is 10.2 Å². The quantitative estimate of drug-likeness (QED) is 0.318. The summed E-state index contributed by atoms with van der Waals surface area (Å²) in [5, 5.41) is 10.5. The summed E-state index contributed by atoms with van der Waals surface area (Å²) in [7, 11) is 0. The van der Waals surface area contributed by atoms with Crippen molar-refractivity contribution in [2.24, 2.45) is 16.5 Å². The number of hydrogen-bond donors (Lipinski definition) is 3. The van der Waals surface area contributed by atoms with Gasteiger partial charge in [-0.2, -0.15) is 5.10 Å². The van der Waals surface area contributed by atoms with Gasteiger partial charge in [0.05, 0.1) is 6.54 Å². The predicted molar refractivity (Wildman–Crippen MR) is 51.2 cm³/mol. The zero-order chi connectivity index (χ0) is 9.52. The molecule has 1 rings (SSSR count). The Balaban J connectivity index is 2.25. The predicted octanol–water partition coefficient (Wildman–Crippen LogP) is -0.838. The smallest absolute Gasteiger partial charge is 0.185 e. The zero-order valence-corrected chi connectivity index (χ0v) is 7.14. The van der Waals surface area contributed by atoms with Crippen LogP contribution in [0.4, 0.5) is 5.82 Å². The molecule has 0 fully saturated rings. The molecule has 6 heteroatoms. The number of aromatic nitrogens is 2. The topological polar surface area (TPSA) is 102 Å². The van der Waals surface area contributed by atoms with Gasteiger partial charge in [-0.1, -0.05) is 0 Å². The SMILES string of the molecule is NC(N)=NCCNc1cccnn1. The number of anilines is 1. The molecule has 0 saturated carbocycles. The van der Waals surface area contributed by atoms with Gasteiger partial charge >= 0.3 is 0 Å². The fourth-order valence-electron chi connectivity index (χ4n) is 0.765. The summed E-state index contributed by atoms with van der Waals surface area (Å²) in [4.78, 5) is 3.80. The molecule has 0 amide bonds. The fraction of sp³-hybridized carbons (Fsp3) is 0.286. The van der Waals surface area contributed by atoms with Crippen LogP contribution in [0.1, 0.15) is 0 Å². The molecule has 5 N–H and O–H groups in total. The highest BCUT2D eigenvalue weighted by Gasteiger charge is 1.89. The van der Waals surface area contributed by atoms with Crippen molar-refractivity contribution < 1.29 is 0 Å². The molecule has 0 aliphatic rings. The van der Waals surface area contributed by atoms with Crippen LogP contribution in [0.5, 0.6) is 0 Å². The van der Waals surface area contributed by atoms with E-state index >= 15 is 0 Å². The molecule has 0 unspecified atom stereocenters. The Labute approximate surface area is 76.1 Å². The molecule has 0 bridgehead atoms. The molecular formula is C7H12N6. The van der Waals surface area contributed by atoms with Gasteiger partial charge in [-0.05, 0) is 12.1 Å². The molecule has 0 aromatic carbocycles. The maximum atomic E-state index is 5.14.